The maximum atomic E-state index is 10.2. The van der Waals surface area contributed by atoms with Gasteiger partial charge in [-0.25, -0.2) is 4.68 Å². The van der Waals surface area contributed by atoms with Crippen LogP contribution in [0.1, 0.15) is 29.5 Å². The number of nitrogens with zero attached hydrogens (tertiary/aromatic N) is 3. The van der Waals surface area contributed by atoms with Crippen LogP contribution in [0, 0.1) is 12.3 Å². The first-order chi connectivity index (χ1) is 13.7. The van der Waals surface area contributed by atoms with E-state index >= 15 is 0 Å². The van der Waals surface area contributed by atoms with Gasteiger partial charge in [-0.1, -0.05) is 36.4 Å². The Morgan fingerprint density at radius 3 is 2.68 bits per heavy atom. The molecule has 0 bridgehead atoms. The van der Waals surface area contributed by atoms with Crippen LogP contribution in [0.5, 0.6) is 0 Å². The lowest BCUT2D eigenvalue weighted by molar-refractivity contribution is 0.0288. The van der Waals surface area contributed by atoms with E-state index in [0.717, 1.165) is 44.6 Å². The lowest BCUT2D eigenvalue weighted by Gasteiger charge is -2.42. The van der Waals surface area contributed by atoms with Crippen molar-refractivity contribution < 1.29 is 5.11 Å². The number of aryl methyl sites for hydroxylation is 1. The summed E-state index contributed by atoms with van der Waals surface area (Å²) < 4.78 is 1.90. The minimum Gasteiger partial charge on any atom is -0.396 e. The molecule has 3 aromatic rings. The zero-order valence-corrected chi connectivity index (χ0v) is 16.6. The van der Waals surface area contributed by atoms with Crippen molar-refractivity contribution in [3.05, 3.63) is 83.7 Å². The number of benzene rings is 2. The van der Waals surface area contributed by atoms with E-state index in [0.29, 0.717) is 0 Å². The number of likely N-dealkylation sites (tertiary alicyclic amines) is 1. The van der Waals surface area contributed by atoms with Gasteiger partial charge in [0.25, 0.3) is 0 Å². The maximum absolute atomic E-state index is 10.2. The number of aromatic nitrogens is 2. The Kier molecular flexibility index (Phi) is 5.60. The lowest BCUT2D eigenvalue weighted by Crippen LogP contribution is -2.46. The number of aliphatic hydroxyl groups is 1. The van der Waals surface area contributed by atoms with Crippen LogP contribution in [-0.4, -0.2) is 39.5 Å². The first kappa shape index (κ1) is 18.9. The second-order valence-corrected chi connectivity index (χ2v) is 8.20. The third kappa shape index (κ3) is 4.18. The van der Waals surface area contributed by atoms with Crippen LogP contribution >= 0.6 is 0 Å². The summed E-state index contributed by atoms with van der Waals surface area (Å²) in [5, 5.41) is 14.6. The Balaban J connectivity index is 1.47. The summed E-state index contributed by atoms with van der Waals surface area (Å²) in [6.07, 6.45) is 6.94. The molecule has 4 nitrogen and oxygen atoms in total. The Bertz CT molecular complexity index is 891. The standard InChI is InChI=1S/C24H29N3O/c1-20-15-23(27-14-6-12-25-27)10-9-22(20)17-26-13-5-11-24(18-26,19-28)16-21-7-3-2-4-8-21/h2-4,6-10,12,14-15,28H,5,11,13,16-19H2,1H3. The van der Waals surface area contributed by atoms with Gasteiger partial charge in [0.1, 0.15) is 0 Å². The van der Waals surface area contributed by atoms with Crippen molar-refractivity contribution in [2.45, 2.75) is 32.7 Å². The Labute approximate surface area is 167 Å². The molecule has 1 aliphatic rings. The van der Waals surface area contributed by atoms with E-state index in [-0.39, 0.29) is 12.0 Å². The van der Waals surface area contributed by atoms with Gasteiger partial charge in [-0.15, -0.1) is 0 Å². The van der Waals surface area contributed by atoms with Gasteiger partial charge in [-0.3, -0.25) is 4.90 Å². The van der Waals surface area contributed by atoms with Gasteiger partial charge in [0.15, 0.2) is 0 Å². The molecule has 2 aromatic carbocycles. The molecule has 146 valence electrons. The number of rotatable bonds is 6. The molecule has 1 unspecified atom stereocenters. The van der Waals surface area contributed by atoms with Crippen molar-refractivity contribution in [3.8, 4) is 5.69 Å². The lowest BCUT2D eigenvalue weighted by atomic mass is 9.75. The third-order valence-corrected chi connectivity index (χ3v) is 5.99. The van der Waals surface area contributed by atoms with Crippen molar-refractivity contribution in [2.24, 2.45) is 5.41 Å². The fourth-order valence-electron chi connectivity index (χ4n) is 4.47. The van der Waals surface area contributed by atoms with E-state index < -0.39 is 0 Å². The van der Waals surface area contributed by atoms with E-state index in [4.69, 9.17) is 0 Å². The molecule has 0 radical (unpaired) electrons. The third-order valence-electron chi connectivity index (χ3n) is 5.99. The SMILES string of the molecule is Cc1cc(-n2cccn2)ccc1CN1CCCC(CO)(Cc2ccccc2)C1. The highest BCUT2D eigenvalue weighted by Gasteiger charge is 2.35. The molecule has 0 saturated carbocycles. The van der Waals surface area contributed by atoms with Crippen molar-refractivity contribution in [1.29, 1.82) is 0 Å². The van der Waals surface area contributed by atoms with Crippen molar-refractivity contribution in [3.63, 3.8) is 0 Å². The quantitative estimate of drug-likeness (QED) is 0.708. The summed E-state index contributed by atoms with van der Waals surface area (Å²) in [6, 6.07) is 19.1. The summed E-state index contributed by atoms with van der Waals surface area (Å²) in [5.74, 6) is 0. The van der Waals surface area contributed by atoms with Crippen molar-refractivity contribution >= 4 is 0 Å². The van der Waals surface area contributed by atoms with E-state index in [1.165, 1.54) is 16.7 Å². The monoisotopic (exact) mass is 375 g/mol. The largest absolute Gasteiger partial charge is 0.396 e. The smallest absolute Gasteiger partial charge is 0.0648 e. The molecule has 0 aliphatic carbocycles. The highest BCUT2D eigenvalue weighted by atomic mass is 16.3. The van der Waals surface area contributed by atoms with Crippen LogP contribution in [0.25, 0.3) is 5.69 Å². The van der Waals surface area contributed by atoms with E-state index in [1.807, 2.05) is 16.9 Å². The zero-order valence-electron chi connectivity index (χ0n) is 16.6. The molecule has 1 N–H and O–H groups in total. The fraction of sp³-hybridized carbons (Fsp3) is 0.375. The molecular weight excluding hydrogens is 346 g/mol. The van der Waals surface area contributed by atoms with Crippen LogP contribution in [0.3, 0.4) is 0 Å². The normalized spacial score (nSPS) is 20.4. The van der Waals surface area contributed by atoms with Gasteiger partial charge in [0.05, 0.1) is 12.3 Å². The van der Waals surface area contributed by atoms with Crippen LogP contribution in [0.4, 0.5) is 0 Å². The molecule has 2 heterocycles. The number of hydrogen-bond acceptors (Lipinski definition) is 3. The van der Waals surface area contributed by atoms with Gasteiger partial charge in [0.2, 0.25) is 0 Å². The second kappa shape index (κ2) is 8.29. The fourth-order valence-corrected chi connectivity index (χ4v) is 4.47. The molecule has 1 aliphatic heterocycles. The highest BCUT2D eigenvalue weighted by molar-refractivity contribution is 5.39. The highest BCUT2D eigenvalue weighted by Crippen LogP contribution is 2.34. The van der Waals surface area contributed by atoms with Crippen LogP contribution < -0.4 is 0 Å². The summed E-state index contributed by atoms with van der Waals surface area (Å²) in [6.45, 7) is 5.39. The Morgan fingerprint density at radius 1 is 1.11 bits per heavy atom. The summed E-state index contributed by atoms with van der Waals surface area (Å²) in [5.41, 5.74) is 5.01. The Morgan fingerprint density at radius 2 is 1.96 bits per heavy atom. The van der Waals surface area contributed by atoms with E-state index in [1.54, 1.807) is 6.20 Å². The average molecular weight is 376 g/mol. The maximum Gasteiger partial charge on any atom is 0.0648 e. The van der Waals surface area contributed by atoms with Gasteiger partial charge < -0.3 is 5.11 Å². The van der Waals surface area contributed by atoms with Crippen LogP contribution in [-0.2, 0) is 13.0 Å². The summed E-state index contributed by atoms with van der Waals surface area (Å²) >= 11 is 0. The van der Waals surface area contributed by atoms with E-state index in [2.05, 4.69) is 65.5 Å². The van der Waals surface area contributed by atoms with Gasteiger partial charge in [-0.05, 0) is 67.6 Å². The van der Waals surface area contributed by atoms with Gasteiger partial charge in [-0.2, -0.15) is 5.10 Å². The second-order valence-electron chi connectivity index (χ2n) is 8.20. The molecule has 28 heavy (non-hydrogen) atoms. The predicted molar refractivity (Wildman–Crippen MR) is 112 cm³/mol. The topological polar surface area (TPSA) is 41.3 Å². The predicted octanol–water partition coefficient (Wildman–Crippen LogP) is 4.00. The molecule has 0 spiro atoms. The molecule has 4 heteroatoms. The Hall–Kier alpha value is -2.43. The molecule has 1 aromatic heterocycles. The summed E-state index contributed by atoms with van der Waals surface area (Å²) in [7, 11) is 0. The number of piperidine rings is 1. The molecule has 4 rings (SSSR count). The van der Waals surface area contributed by atoms with Gasteiger partial charge >= 0.3 is 0 Å². The molecule has 1 saturated heterocycles. The van der Waals surface area contributed by atoms with Crippen molar-refractivity contribution in [1.82, 2.24) is 14.7 Å². The van der Waals surface area contributed by atoms with Crippen molar-refractivity contribution in [2.75, 3.05) is 19.7 Å². The minimum atomic E-state index is -0.0392. The van der Waals surface area contributed by atoms with Gasteiger partial charge in [0, 0.05) is 30.9 Å². The average Bonchev–Trinajstić information content (AvgIpc) is 3.25. The van der Waals surface area contributed by atoms with Crippen LogP contribution in [0.15, 0.2) is 67.0 Å². The first-order valence-corrected chi connectivity index (χ1v) is 10.1. The van der Waals surface area contributed by atoms with Crippen LogP contribution in [0.2, 0.25) is 0 Å². The molecule has 0 amide bonds. The first-order valence-electron chi connectivity index (χ1n) is 10.1. The molecule has 1 fully saturated rings. The molecular formula is C24H29N3O. The number of hydrogen-bond donors (Lipinski definition) is 1. The minimum absolute atomic E-state index is 0.0392. The zero-order chi connectivity index (χ0) is 19.4. The van der Waals surface area contributed by atoms with E-state index in [9.17, 15) is 5.11 Å². The molecule has 1 atom stereocenters. The number of aliphatic hydroxyl groups excluding tert-OH is 1. The summed E-state index contributed by atoms with van der Waals surface area (Å²) in [4.78, 5) is 2.51.